The minimum atomic E-state index is -3.52. The summed E-state index contributed by atoms with van der Waals surface area (Å²) in [6, 6.07) is 6.76. The number of benzene rings is 1. The van der Waals surface area contributed by atoms with Gasteiger partial charge in [-0.1, -0.05) is 12.1 Å². The van der Waals surface area contributed by atoms with E-state index in [1.54, 1.807) is 34.1 Å². The predicted octanol–water partition coefficient (Wildman–Crippen LogP) is -0.486. The normalized spacial score (nSPS) is 21.0. The summed E-state index contributed by atoms with van der Waals surface area (Å²) in [4.78, 5) is 26.7. The molecule has 0 unspecified atom stereocenters. The van der Waals surface area contributed by atoms with Gasteiger partial charge in [0.2, 0.25) is 16.4 Å². The molecular weight excluding hydrogens is 334 g/mol. The number of anilines is 1. The Bertz CT molecular complexity index is 743. The number of piperazine rings is 1. The van der Waals surface area contributed by atoms with Crippen LogP contribution in [0, 0.1) is 0 Å². The molecule has 2 aliphatic rings. The van der Waals surface area contributed by atoms with Gasteiger partial charge in [0, 0.05) is 26.2 Å². The van der Waals surface area contributed by atoms with Crippen LogP contribution in [0.3, 0.4) is 0 Å². The molecule has 130 valence electrons. The molecule has 0 bridgehead atoms. The second-order valence-electron chi connectivity index (χ2n) is 5.83. The molecule has 0 saturated carbocycles. The minimum absolute atomic E-state index is 0.0530. The Labute approximate surface area is 140 Å². The van der Waals surface area contributed by atoms with E-state index in [0.29, 0.717) is 37.6 Å². The maximum atomic E-state index is 12.7. The van der Waals surface area contributed by atoms with E-state index < -0.39 is 16.1 Å². The van der Waals surface area contributed by atoms with Crippen LogP contribution in [0.15, 0.2) is 24.3 Å². The fourth-order valence-electron chi connectivity index (χ4n) is 2.90. The first-order valence-electron chi connectivity index (χ1n) is 7.61. The molecule has 0 aromatic heterocycles. The molecule has 2 amide bonds. The monoisotopic (exact) mass is 353 g/mol. The van der Waals surface area contributed by atoms with Gasteiger partial charge in [0.1, 0.15) is 5.75 Å². The Morgan fingerprint density at radius 1 is 1.21 bits per heavy atom. The number of carbonyl (C=O) groups is 2. The number of nitrogens with zero attached hydrogens (tertiary/aromatic N) is 3. The lowest BCUT2D eigenvalue weighted by Crippen LogP contribution is -2.56. The first-order chi connectivity index (χ1) is 11.4. The highest BCUT2D eigenvalue weighted by Crippen LogP contribution is 2.34. The minimum Gasteiger partial charge on any atom is -0.476 e. The molecule has 24 heavy (non-hydrogen) atoms. The highest BCUT2D eigenvalue weighted by atomic mass is 32.2. The topological polar surface area (TPSA) is 87.2 Å². The molecule has 0 N–H and O–H groups in total. The van der Waals surface area contributed by atoms with Gasteiger partial charge in [0.25, 0.3) is 5.91 Å². The number of amides is 2. The lowest BCUT2D eigenvalue weighted by atomic mass is 10.2. The van der Waals surface area contributed by atoms with Crippen LogP contribution in [-0.2, 0) is 19.6 Å². The number of para-hydroxylation sites is 2. The quantitative estimate of drug-likeness (QED) is 0.685. The predicted molar refractivity (Wildman–Crippen MR) is 87.3 cm³/mol. The van der Waals surface area contributed by atoms with Crippen LogP contribution in [0.5, 0.6) is 5.75 Å². The van der Waals surface area contributed by atoms with Crippen molar-refractivity contribution in [3.8, 4) is 5.75 Å². The van der Waals surface area contributed by atoms with Crippen LogP contribution in [0.4, 0.5) is 5.69 Å². The summed E-state index contributed by atoms with van der Waals surface area (Å²) >= 11 is 0. The molecule has 8 nitrogen and oxygen atoms in total. The fourth-order valence-corrected chi connectivity index (χ4v) is 3.81. The third-order valence-corrected chi connectivity index (χ3v) is 5.33. The maximum absolute atomic E-state index is 12.7. The molecule has 0 radical (unpaired) electrons. The number of ether oxygens (including phenoxy) is 1. The van der Waals surface area contributed by atoms with Crippen LogP contribution < -0.4 is 9.04 Å². The molecule has 0 spiro atoms. The number of fused-ring (bicyclic) bond motifs is 1. The van der Waals surface area contributed by atoms with Gasteiger partial charge in [-0.25, -0.2) is 8.42 Å². The SMILES string of the molecule is CS(=O)(=O)N1C[C@H](C(=O)N2CCN(C=O)CC2)Oc2ccccc21. The molecule has 1 aromatic rings. The molecule has 1 aromatic carbocycles. The Morgan fingerprint density at radius 3 is 2.50 bits per heavy atom. The highest BCUT2D eigenvalue weighted by molar-refractivity contribution is 7.92. The van der Waals surface area contributed by atoms with Crippen LogP contribution >= 0.6 is 0 Å². The summed E-state index contributed by atoms with van der Waals surface area (Å²) in [5.41, 5.74) is 0.440. The van der Waals surface area contributed by atoms with E-state index in [1.807, 2.05) is 0 Å². The first-order valence-corrected chi connectivity index (χ1v) is 9.46. The van der Waals surface area contributed by atoms with Crippen molar-refractivity contribution in [1.29, 1.82) is 0 Å². The standard InChI is InChI=1S/C15H19N3O5S/c1-24(21,22)18-10-14(23-13-5-3-2-4-12(13)18)15(20)17-8-6-16(11-19)7-9-17/h2-5,11,14H,6-10H2,1H3/t14-/m1/s1. The Morgan fingerprint density at radius 2 is 1.88 bits per heavy atom. The van der Waals surface area contributed by atoms with Crippen molar-refractivity contribution >= 4 is 28.0 Å². The van der Waals surface area contributed by atoms with Gasteiger partial charge in [-0.05, 0) is 12.1 Å². The average molecular weight is 353 g/mol. The number of hydrogen-bond donors (Lipinski definition) is 0. The Balaban J connectivity index is 1.80. The van der Waals surface area contributed by atoms with Crippen LogP contribution in [0.25, 0.3) is 0 Å². The van der Waals surface area contributed by atoms with E-state index in [2.05, 4.69) is 0 Å². The molecule has 2 heterocycles. The largest absolute Gasteiger partial charge is 0.476 e. The van der Waals surface area contributed by atoms with Crippen molar-refractivity contribution in [1.82, 2.24) is 9.80 Å². The zero-order valence-electron chi connectivity index (χ0n) is 13.3. The van der Waals surface area contributed by atoms with Gasteiger partial charge < -0.3 is 14.5 Å². The summed E-state index contributed by atoms with van der Waals surface area (Å²) in [7, 11) is -3.52. The fraction of sp³-hybridized carbons (Fsp3) is 0.467. The number of sulfonamides is 1. The van der Waals surface area contributed by atoms with Crippen molar-refractivity contribution in [2.75, 3.05) is 43.3 Å². The van der Waals surface area contributed by atoms with Gasteiger partial charge in [-0.2, -0.15) is 0 Å². The zero-order chi connectivity index (χ0) is 17.3. The summed E-state index contributed by atoms with van der Waals surface area (Å²) in [6.07, 6.45) is 0.984. The summed E-state index contributed by atoms with van der Waals surface area (Å²) < 4.78 is 31.1. The van der Waals surface area contributed by atoms with Gasteiger partial charge in [-0.15, -0.1) is 0 Å². The van der Waals surface area contributed by atoms with Gasteiger partial charge in [0.05, 0.1) is 18.5 Å². The van der Waals surface area contributed by atoms with Crippen molar-refractivity contribution in [3.63, 3.8) is 0 Å². The molecule has 9 heteroatoms. The molecule has 1 atom stereocenters. The second kappa shape index (κ2) is 6.31. The van der Waals surface area contributed by atoms with Gasteiger partial charge >= 0.3 is 0 Å². The summed E-state index contributed by atoms with van der Waals surface area (Å²) in [5.74, 6) is 0.114. The molecule has 3 rings (SSSR count). The molecular formula is C15H19N3O5S. The van der Waals surface area contributed by atoms with Crippen molar-refractivity contribution in [2.24, 2.45) is 0 Å². The van der Waals surface area contributed by atoms with Gasteiger partial charge in [0.15, 0.2) is 6.10 Å². The molecule has 1 fully saturated rings. The van der Waals surface area contributed by atoms with Crippen molar-refractivity contribution in [3.05, 3.63) is 24.3 Å². The maximum Gasteiger partial charge on any atom is 0.265 e. The third-order valence-electron chi connectivity index (χ3n) is 4.19. The summed E-state index contributed by atoms with van der Waals surface area (Å²) in [6.45, 7) is 1.71. The second-order valence-corrected chi connectivity index (χ2v) is 7.74. The number of carbonyl (C=O) groups excluding carboxylic acids is 2. The third kappa shape index (κ3) is 3.16. The lowest BCUT2D eigenvalue weighted by Gasteiger charge is -2.38. The molecule has 1 saturated heterocycles. The van der Waals surface area contributed by atoms with Crippen molar-refractivity contribution in [2.45, 2.75) is 6.10 Å². The van der Waals surface area contributed by atoms with E-state index in [1.165, 1.54) is 4.31 Å². The van der Waals surface area contributed by atoms with Crippen molar-refractivity contribution < 1.29 is 22.7 Å². The highest BCUT2D eigenvalue weighted by Gasteiger charge is 2.37. The van der Waals surface area contributed by atoms with Crippen LogP contribution in [0.2, 0.25) is 0 Å². The van der Waals surface area contributed by atoms with Crippen LogP contribution in [-0.4, -0.2) is 75.6 Å². The number of hydrogen-bond acceptors (Lipinski definition) is 5. The Hall–Kier alpha value is -2.29. The first kappa shape index (κ1) is 16.6. The van der Waals surface area contributed by atoms with E-state index in [0.717, 1.165) is 12.7 Å². The van der Waals surface area contributed by atoms with Gasteiger partial charge in [-0.3, -0.25) is 13.9 Å². The number of rotatable bonds is 3. The molecule has 2 aliphatic heterocycles. The average Bonchev–Trinajstić information content (AvgIpc) is 2.59. The van der Waals surface area contributed by atoms with Crippen LogP contribution in [0.1, 0.15) is 0 Å². The summed E-state index contributed by atoms with van der Waals surface area (Å²) in [5, 5.41) is 0. The van der Waals surface area contributed by atoms with E-state index in [9.17, 15) is 18.0 Å². The molecule has 0 aliphatic carbocycles. The van der Waals surface area contributed by atoms with E-state index in [4.69, 9.17) is 4.74 Å². The Kier molecular flexibility index (Phi) is 4.35. The smallest absolute Gasteiger partial charge is 0.265 e. The van der Waals surface area contributed by atoms with E-state index in [-0.39, 0.29) is 12.5 Å². The lowest BCUT2D eigenvalue weighted by molar-refractivity contribution is -0.141. The zero-order valence-corrected chi connectivity index (χ0v) is 14.1. The van der Waals surface area contributed by atoms with E-state index >= 15 is 0 Å².